The topological polar surface area (TPSA) is 120 Å². The average molecular weight is 620 g/mol. The van der Waals surface area contributed by atoms with Gasteiger partial charge in [0.15, 0.2) is 5.75 Å². The molecule has 4 aromatic rings. The molecule has 0 aliphatic heterocycles. The summed E-state index contributed by atoms with van der Waals surface area (Å²) in [5, 5.41) is 0. The minimum atomic E-state index is -4.26. The Kier molecular flexibility index (Phi) is 8.15. The standard InChI is InChI=1S/C33H33NO7S2/c35-33-31(30(23-20-21-23)24-12-11-13-25(22-24)34-42(36,37)26-14-5-3-6-15-26)32(28-18-9-1-2-10-19-29(28)40-33)41-43(38,39)27-16-7-4-8-17-27/h3-8,11-17,22-23,30,34H,1-2,9-10,18-21H2. The Morgan fingerprint density at radius 3 is 2.09 bits per heavy atom. The van der Waals surface area contributed by atoms with Crippen molar-refractivity contribution in [2.75, 3.05) is 4.72 Å². The molecule has 1 saturated carbocycles. The normalized spacial score (nSPS) is 16.4. The number of sulfonamides is 1. The van der Waals surface area contributed by atoms with Crippen LogP contribution in [-0.4, -0.2) is 16.8 Å². The van der Waals surface area contributed by atoms with Gasteiger partial charge in [0.05, 0.1) is 10.5 Å². The monoisotopic (exact) mass is 619 g/mol. The van der Waals surface area contributed by atoms with Crippen molar-refractivity contribution in [1.82, 2.24) is 0 Å². The lowest BCUT2D eigenvalue weighted by Gasteiger charge is -2.24. The Morgan fingerprint density at radius 2 is 1.42 bits per heavy atom. The highest BCUT2D eigenvalue weighted by Crippen LogP contribution is 2.49. The first kappa shape index (κ1) is 29.2. The molecule has 224 valence electrons. The molecule has 0 radical (unpaired) electrons. The summed E-state index contributed by atoms with van der Waals surface area (Å²) >= 11 is 0. The molecular formula is C33H33NO7S2. The predicted molar refractivity (Wildman–Crippen MR) is 163 cm³/mol. The lowest BCUT2D eigenvalue weighted by Crippen LogP contribution is -2.23. The van der Waals surface area contributed by atoms with Crippen LogP contribution in [0, 0.1) is 5.92 Å². The van der Waals surface area contributed by atoms with Crippen LogP contribution in [0.3, 0.4) is 0 Å². The van der Waals surface area contributed by atoms with E-state index in [0.717, 1.165) is 38.5 Å². The van der Waals surface area contributed by atoms with Crippen molar-refractivity contribution >= 4 is 25.8 Å². The second-order valence-corrected chi connectivity index (χ2v) is 14.4. The Morgan fingerprint density at radius 1 is 0.767 bits per heavy atom. The van der Waals surface area contributed by atoms with Crippen molar-refractivity contribution < 1.29 is 25.4 Å². The maximum Gasteiger partial charge on any atom is 0.343 e. The molecule has 0 saturated heterocycles. The van der Waals surface area contributed by atoms with Gasteiger partial charge in [-0.2, -0.15) is 8.42 Å². The van der Waals surface area contributed by atoms with Crippen LogP contribution >= 0.6 is 0 Å². The summed E-state index contributed by atoms with van der Waals surface area (Å²) in [5.74, 6) is 0.0289. The molecule has 43 heavy (non-hydrogen) atoms. The van der Waals surface area contributed by atoms with E-state index in [4.69, 9.17) is 8.60 Å². The van der Waals surface area contributed by atoms with Gasteiger partial charge in [-0.05, 0) is 80.0 Å². The minimum absolute atomic E-state index is 0.00549. The van der Waals surface area contributed by atoms with Crippen molar-refractivity contribution in [3.63, 3.8) is 0 Å². The van der Waals surface area contributed by atoms with Crippen molar-refractivity contribution in [3.05, 3.63) is 118 Å². The maximum absolute atomic E-state index is 13.8. The molecule has 6 rings (SSSR count). The van der Waals surface area contributed by atoms with Gasteiger partial charge in [-0.3, -0.25) is 4.72 Å². The molecule has 1 N–H and O–H groups in total. The number of benzene rings is 3. The van der Waals surface area contributed by atoms with E-state index in [9.17, 15) is 21.6 Å². The number of nitrogens with one attached hydrogen (secondary N) is 1. The fourth-order valence-electron chi connectivity index (χ4n) is 5.83. The van der Waals surface area contributed by atoms with E-state index < -0.39 is 31.7 Å². The molecular weight excluding hydrogens is 586 g/mol. The van der Waals surface area contributed by atoms with Gasteiger partial charge in [-0.1, -0.05) is 61.4 Å². The lowest BCUT2D eigenvalue weighted by atomic mass is 9.85. The smallest absolute Gasteiger partial charge is 0.343 e. The summed E-state index contributed by atoms with van der Waals surface area (Å²) in [7, 11) is -8.11. The third-order valence-electron chi connectivity index (χ3n) is 8.05. The van der Waals surface area contributed by atoms with Crippen LogP contribution in [0.1, 0.15) is 66.9 Å². The molecule has 1 heterocycles. The van der Waals surface area contributed by atoms with Gasteiger partial charge in [0, 0.05) is 23.6 Å². The van der Waals surface area contributed by atoms with E-state index in [1.165, 1.54) is 24.3 Å². The molecule has 1 unspecified atom stereocenters. The van der Waals surface area contributed by atoms with E-state index in [1.807, 2.05) is 6.07 Å². The summed E-state index contributed by atoms with van der Waals surface area (Å²) in [6, 6.07) is 22.9. The number of hydrogen-bond acceptors (Lipinski definition) is 7. The third-order valence-corrected chi connectivity index (χ3v) is 10.7. The maximum atomic E-state index is 13.8. The summed E-state index contributed by atoms with van der Waals surface area (Å²) in [6.45, 7) is 0. The van der Waals surface area contributed by atoms with E-state index in [-0.39, 0.29) is 27.0 Å². The quantitative estimate of drug-likeness (QED) is 0.215. The van der Waals surface area contributed by atoms with Gasteiger partial charge in [0.1, 0.15) is 10.7 Å². The summed E-state index contributed by atoms with van der Waals surface area (Å²) < 4.78 is 67.8. The fourth-order valence-corrected chi connectivity index (χ4v) is 7.89. The van der Waals surface area contributed by atoms with Gasteiger partial charge in [-0.15, -0.1) is 0 Å². The molecule has 1 fully saturated rings. The van der Waals surface area contributed by atoms with Gasteiger partial charge < -0.3 is 8.60 Å². The first-order chi connectivity index (χ1) is 20.7. The van der Waals surface area contributed by atoms with E-state index in [1.54, 1.807) is 54.6 Å². The van der Waals surface area contributed by atoms with Crippen LogP contribution < -0.4 is 14.5 Å². The molecule has 1 aromatic heterocycles. The Hall–Kier alpha value is -3.89. The predicted octanol–water partition coefficient (Wildman–Crippen LogP) is 6.41. The second-order valence-electron chi connectivity index (χ2n) is 11.2. The zero-order valence-corrected chi connectivity index (χ0v) is 25.2. The highest BCUT2D eigenvalue weighted by molar-refractivity contribution is 7.92. The largest absolute Gasteiger partial charge is 0.427 e. The van der Waals surface area contributed by atoms with E-state index in [0.29, 0.717) is 35.4 Å². The molecule has 3 aromatic carbocycles. The third kappa shape index (κ3) is 6.40. The number of anilines is 1. The second kappa shape index (κ2) is 12.0. The van der Waals surface area contributed by atoms with Gasteiger partial charge in [0.25, 0.3) is 10.0 Å². The summed E-state index contributed by atoms with van der Waals surface area (Å²) in [4.78, 5) is 13.9. The summed E-state index contributed by atoms with van der Waals surface area (Å²) in [5.41, 5.74) is 1.19. The van der Waals surface area contributed by atoms with Crippen LogP contribution in [0.15, 0.2) is 104 Å². The minimum Gasteiger partial charge on any atom is -0.427 e. The van der Waals surface area contributed by atoms with E-state index >= 15 is 0 Å². The number of fused-ring (bicyclic) bond motifs is 1. The molecule has 0 spiro atoms. The molecule has 0 bridgehead atoms. The van der Waals surface area contributed by atoms with Crippen molar-refractivity contribution in [3.8, 4) is 5.75 Å². The lowest BCUT2D eigenvalue weighted by molar-refractivity contribution is 0.399. The Bertz CT molecular complexity index is 1880. The zero-order chi connectivity index (χ0) is 30.0. The van der Waals surface area contributed by atoms with Gasteiger partial charge in [-0.25, -0.2) is 13.2 Å². The zero-order valence-electron chi connectivity index (χ0n) is 23.6. The van der Waals surface area contributed by atoms with Crippen LogP contribution in [0.25, 0.3) is 0 Å². The first-order valence-electron chi connectivity index (χ1n) is 14.6. The van der Waals surface area contributed by atoms with Crippen LogP contribution in [0.5, 0.6) is 5.75 Å². The molecule has 8 nitrogen and oxygen atoms in total. The highest BCUT2D eigenvalue weighted by atomic mass is 32.2. The molecule has 2 aliphatic rings. The average Bonchev–Trinajstić information content (AvgIpc) is 3.82. The number of rotatable bonds is 9. The van der Waals surface area contributed by atoms with Crippen molar-refractivity contribution in [1.29, 1.82) is 0 Å². The molecule has 10 heteroatoms. The fraction of sp³-hybridized carbons (Fsp3) is 0.303. The van der Waals surface area contributed by atoms with Crippen LogP contribution in [-0.2, 0) is 33.0 Å². The molecule has 0 amide bonds. The SMILES string of the molecule is O=c1oc2c(c(OS(=O)(=O)c3ccccc3)c1C(c1cccc(NS(=O)(=O)c3ccccc3)c1)C1CC1)CCCCCC2. The van der Waals surface area contributed by atoms with Crippen LogP contribution in [0.4, 0.5) is 5.69 Å². The van der Waals surface area contributed by atoms with Gasteiger partial charge in [0.2, 0.25) is 0 Å². The highest BCUT2D eigenvalue weighted by Gasteiger charge is 2.40. The van der Waals surface area contributed by atoms with E-state index in [2.05, 4.69) is 4.72 Å². The number of aryl methyl sites for hydroxylation is 1. The Labute approximate surface area is 251 Å². The first-order valence-corrected chi connectivity index (χ1v) is 17.5. The van der Waals surface area contributed by atoms with Crippen molar-refractivity contribution in [2.24, 2.45) is 5.92 Å². The van der Waals surface area contributed by atoms with Crippen molar-refractivity contribution in [2.45, 2.75) is 67.1 Å². The Balaban J connectivity index is 1.47. The summed E-state index contributed by atoms with van der Waals surface area (Å²) in [6.07, 6.45) is 6.33. The molecule has 2 aliphatic carbocycles. The van der Waals surface area contributed by atoms with Gasteiger partial charge >= 0.3 is 15.7 Å². The molecule has 1 atom stereocenters. The number of hydrogen-bond donors (Lipinski definition) is 1. The van der Waals surface area contributed by atoms with Crippen LogP contribution in [0.2, 0.25) is 0 Å².